The van der Waals surface area contributed by atoms with Gasteiger partial charge in [-0.05, 0) is 50.2 Å². The van der Waals surface area contributed by atoms with Crippen LogP contribution < -0.4 is 0 Å². The number of benzene rings is 1. The molecule has 1 aliphatic carbocycles. The van der Waals surface area contributed by atoms with E-state index >= 15 is 0 Å². The number of nitrogens with zero attached hydrogens (tertiary/aromatic N) is 1. The fraction of sp³-hybridized carbons (Fsp3) is 0.565. The molecule has 1 saturated carbocycles. The Morgan fingerprint density at radius 1 is 1.14 bits per heavy atom. The Balaban J connectivity index is 1.65. The van der Waals surface area contributed by atoms with Crippen LogP contribution >= 0.6 is 0 Å². The smallest absolute Gasteiger partial charge is 0.226 e. The number of hydrogen-bond donors (Lipinski definition) is 0. The van der Waals surface area contributed by atoms with E-state index in [2.05, 4.69) is 18.8 Å². The fourth-order valence-electron chi connectivity index (χ4n) is 4.22. The zero-order chi connectivity index (χ0) is 21.2. The zero-order valence-corrected chi connectivity index (χ0v) is 18.6. The summed E-state index contributed by atoms with van der Waals surface area (Å²) in [6, 6.07) is 7.71. The van der Waals surface area contributed by atoms with Crippen molar-refractivity contribution in [1.29, 1.82) is 0 Å². The van der Waals surface area contributed by atoms with Gasteiger partial charge in [-0.15, -0.1) is 0 Å². The van der Waals surface area contributed by atoms with E-state index in [9.17, 15) is 13.2 Å². The Bertz CT molecular complexity index is 959. The number of oxazole rings is 1. The van der Waals surface area contributed by atoms with E-state index in [0.29, 0.717) is 41.5 Å². The van der Waals surface area contributed by atoms with Gasteiger partial charge < -0.3 is 4.42 Å². The van der Waals surface area contributed by atoms with Crippen LogP contribution in [0.1, 0.15) is 56.5 Å². The lowest BCUT2D eigenvalue weighted by atomic mass is 9.72. The molecule has 1 aromatic heterocycles. The van der Waals surface area contributed by atoms with Gasteiger partial charge >= 0.3 is 0 Å². The third-order valence-corrected chi connectivity index (χ3v) is 7.77. The largest absolute Gasteiger partial charge is 0.441 e. The Labute approximate surface area is 173 Å². The van der Waals surface area contributed by atoms with Crippen molar-refractivity contribution in [2.45, 2.75) is 59.1 Å². The normalized spacial score (nSPS) is 22.6. The lowest BCUT2D eigenvalue weighted by molar-refractivity contribution is -0.118. The minimum Gasteiger partial charge on any atom is -0.441 e. The Morgan fingerprint density at radius 3 is 2.52 bits per heavy atom. The molecular weight excluding hydrogens is 386 g/mol. The summed E-state index contributed by atoms with van der Waals surface area (Å²) in [4.78, 5) is 16.9. The summed E-state index contributed by atoms with van der Waals surface area (Å²) < 4.78 is 31.0. The SMILES string of the molecule is Cc1ccc(-c2nc(CS(=O)(=O)CC(=O)CC3CCCC(C)C3C)c(C)o2)cc1. The molecular formula is C23H31NO4S. The van der Waals surface area contributed by atoms with Crippen LogP contribution in [0.3, 0.4) is 0 Å². The summed E-state index contributed by atoms with van der Waals surface area (Å²) in [5.41, 5.74) is 2.31. The Morgan fingerprint density at radius 2 is 1.83 bits per heavy atom. The first-order chi connectivity index (χ1) is 13.6. The van der Waals surface area contributed by atoms with E-state index in [1.165, 1.54) is 6.42 Å². The fourth-order valence-corrected chi connectivity index (χ4v) is 5.61. The molecule has 1 aliphatic rings. The van der Waals surface area contributed by atoms with Gasteiger partial charge in [0.1, 0.15) is 17.3 Å². The molecule has 0 saturated heterocycles. The van der Waals surface area contributed by atoms with Gasteiger partial charge in [0, 0.05) is 12.0 Å². The summed E-state index contributed by atoms with van der Waals surface area (Å²) in [5, 5.41) is 0. The predicted molar refractivity (Wildman–Crippen MR) is 114 cm³/mol. The lowest BCUT2D eigenvalue weighted by Crippen LogP contribution is -2.28. The predicted octanol–water partition coefficient (Wildman–Crippen LogP) is 4.90. The molecule has 0 spiro atoms. The summed E-state index contributed by atoms with van der Waals surface area (Å²) in [7, 11) is -3.59. The number of ketones is 1. The van der Waals surface area contributed by atoms with Crippen LogP contribution in [0.15, 0.2) is 28.7 Å². The zero-order valence-electron chi connectivity index (χ0n) is 17.8. The van der Waals surface area contributed by atoms with Gasteiger partial charge in [0.05, 0.1) is 11.4 Å². The van der Waals surface area contributed by atoms with Crippen molar-refractivity contribution in [3.05, 3.63) is 41.3 Å². The molecule has 1 fully saturated rings. The molecule has 3 unspecified atom stereocenters. The van der Waals surface area contributed by atoms with Crippen LogP contribution in [0.2, 0.25) is 0 Å². The van der Waals surface area contributed by atoms with Gasteiger partial charge in [0.15, 0.2) is 9.84 Å². The second-order valence-corrected chi connectivity index (χ2v) is 10.8. The van der Waals surface area contributed by atoms with Crippen molar-refractivity contribution in [1.82, 2.24) is 4.98 Å². The highest BCUT2D eigenvalue weighted by Gasteiger charge is 2.30. The highest BCUT2D eigenvalue weighted by atomic mass is 32.2. The first kappa shape index (κ1) is 21.8. The van der Waals surface area contributed by atoms with Gasteiger partial charge in [0.2, 0.25) is 5.89 Å². The number of rotatable bonds is 7. The topological polar surface area (TPSA) is 77.2 Å². The van der Waals surface area contributed by atoms with Crippen LogP contribution in [0.5, 0.6) is 0 Å². The van der Waals surface area contributed by atoms with E-state index in [4.69, 9.17) is 4.42 Å². The van der Waals surface area contributed by atoms with Gasteiger partial charge in [0.25, 0.3) is 0 Å². The third kappa shape index (κ3) is 5.56. The van der Waals surface area contributed by atoms with Crippen LogP contribution in [-0.4, -0.2) is 24.9 Å². The van der Waals surface area contributed by atoms with Crippen molar-refractivity contribution in [2.75, 3.05) is 5.75 Å². The van der Waals surface area contributed by atoms with E-state index < -0.39 is 15.6 Å². The number of carbonyl (C=O) groups excluding carboxylic acids is 1. The quantitative estimate of drug-likeness (QED) is 0.640. The summed E-state index contributed by atoms with van der Waals surface area (Å²) >= 11 is 0. The number of hydrogen-bond acceptors (Lipinski definition) is 5. The molecule has 1 heterocycles. The van der Waals surface area contributed by atoms with Gasteiger partial charge in [-0.3, -0.25) is 4.79 Å². The number of aromatic nitrogens is 1. The summed E-state index contributed by atoms with van der Waals surface area (Å²) in [6.07, 6.45) is 3.69. The highest BCUT2D eigenvalue weighted by molar-refractivity contribution is 7.91. The molecule has 0 aliphatic heterocycles. The van der Waals surface area contributed by atoms with Gasteiger partial charge in [-0.1, -0.05) is 44.4 Å². The molecule has 1 aromatic carbocycles. The molecule has 29 heavy (non-hydrogen) atoms. The highest BCUT2D eigenvalue weighted by Crippen LogP contribution is 2.36. The Hall–Kier alpha value is -1.95. The first-order valence-electron chi connectivity index (χ1n) is 10.4. The molecule has 3 rings (SSSR count). The number of sulfone groups is 1. The van der Waals surface area contributed by atoms with Gasteiger partial charge in [-0.25, -0.2) is 13.4 Å². The van der Waals surface area contributed by atoms with Crippen molar-refractivity contribution >= 4 is 15.6 Å². The monoisotopic (exact) mass is 417 g/mol. The second-order valence-electron chi connectivity index (χ2n) is 8.69. The minimum absolute atomic E-state index is 0.184. The van der Waals surface area contributed by atoms with Crippen LogP contribution in [0, 0.1) is 31.6 Å². The van der Waals surface area contributed by atoms with Crippen LogP contribution in [-0.2, 0) is 20.4 Å². The second kappa shape index (κ2) is 8.82. The number of Topliss-reactive ketones (excluding diaryl/α,β-unsaturated/α-hetero) is 1. The molecule has 5 nitrogen and oxygen atoms in total. The van der Waals surface area contributed by atoms with Gasteiger partial charge in [-0.2, -0.15) is 0 Å². The first-order valence-corrected chi connectivity index (χ1v) is 12.2. The average molecular weight is 418 g/mol. The van der Waals surface area contributed by atoms with E-state index in [-0.39, 0.29) is 11.5 Å². The molecule has 2 aromatic rings. The maximum Gasteiger partial charge on any atom is 0.226 e. The summed E-state index contributed by atoms with van der Waals surface area (Å²) in [5.74, 6) is 1.36. The molecule has 0 N–H and O–H groups in total. The van der Waals surface area contributed by atoms with Crippen molar-refractivity contribution in [2.24, 2.45) is 17.8 Å². The maximum atomic E-state index is 12.6. The van der Waals surface area contributed by atoms with Crippen molar-refractivity contribution in [3.8, 4) is 11.5 Å². The van der Waals surface area contributed by atoms with Crippen molar-refractivity contribution < 1.29 is 17.6 Å². The van der Waals surface area contributed by atoms with E-state index in [1.54, 1.807) is 6.92 Å². The average Bonchev–Trinajstić information content (AvgIpc) is 2.99. The number of aryl methyl sites for hydroxylation is 2. The molecule has 3 atom stereocenters. The molecule has 0 amide bonds. The lowest BCUT2D eigenvalue weighted by Gasteiger charge is -2.33. The van der Waals surface area contributed by atoms with Crippen LogP contribution in [0.4, 0.5) is 0 Å². The standard InChI is InChI=1S/C23H31NO4S/c1-15-8-10-19(11-9-15)23-24-22(18(4)28-23)14-29(26,27)13-21(25)12-20-7-5-6-16(2)17(20)3/h8-11,16-17,20H,5-7,12-14H2,1-4H3. The maximum absolute atomic E-state index is 12.6. The minimum atomic E-state index is -3.59. The van der Waals surface area contributed by atoms with E-state index in [1.807, 2.05) is 31.2 Å². The third-order valence-electron chi connectivity index (χ3n) is 6.29. The van der Waals surface area contributed by atoms with E-state index in [0.717, 1.165) is 24.0 Å². The number of carbonyl (C=O) groups is 1. The Kier molecular flexibility index (Phi) is 6.62. The van der Waals surface area contributed by atoms with Crippen molar-refractivity contribution in [3.63, 3.8) is 0 Å². The summed E-state index contributed by atoms with van der Waals surface area (Å²) in [6.45, 7) is 8.11. The molecule has 158 valence electrons. The molecule has 0 radical (unpaired) electrons. The molecule has 6 heteroatoms. The molecule has 0 bridgehead atoms. The van der Waals surface area contributed by atoms with Crippen LogP contribution in [0.25, 0.3) is 11.5 Å².